The van der Waals surface area contributed by atoms with Crippen LogP contribution in [0.15, 0.2) is 12.7 Å². The van der Waals surface area contributed by atoms with Crippen molar-refractivity contribution in [1.29, 1.82) is 0 Å². The van der Waals surface area contributed by atoms with Crippen molar-refractivity contribution >= 4 is 0 Å². The summed E-state index contributed by atoms with van der Waals surface area (Å²) in [6, 6.07) is 2.05. The van der Waals surface area contributed by atoms with Crippen molar-refractivity contribution in [2.24, 2.45) is 11.7 Å². The number of piperidine rings is 1. The minimum atomic E-state index is 0.403. The fourth-order valence-corrected chi connectivity index (χ4v) is 3.35. The highest BCUT2D eigenvalue weighted by molar-refractivity contribution is 4.96. The van der Waals surface area contributed by atoms with Crippen LogP contribution in [-0.2, 0) is 0 Å². The summed E-state index contributed by atoms with van der Waals surface area (Å²) >= 11 is 0. The van der Waals surface area contributed by atoms with Crippen LogP contribution in [0.1, 0.15) is 38.5 Å². The number of allylic oxidation sites excluding steroid dienone is 1. The largest absolute Gasteiger partial charge is 0.327 e. The molecule has 0 aromatic rings. The molecule has 2 heterocycles. The monoisotopic (exact) mass is 208 g/mol. The minimum absolute atomic E-state index is 0.403. The van der Waals surface area contributed by atoms with Crippen molar-refractivity contribution in [2.45, 2.75) is 56.7 Å². The maximum atomic E-state index is 6.27. The highest BCUT2D eigenvalue weighted by Crippen LogP contribution is 2.38. The standard InChI is InChI=1S/C13H24N2/c1-3-4-5-13(14)10-8-11-6-7-12(9-10)15(11)2/h3,10-13H,1,4-9,14H2,2H3. The van der Waals surface area contributed by atoms with Gasteiger partial charge in [0.1, 0.15) is 0 Å². The quantitative estimate of drug-likeness (QED) is 0.717. The number of hydrogen-bond acceptors (Lipinski definition) is 2. The Balaban J connectivity index is 1.87. The second-order valence-electron chi connectivity index (χ2n) is 5.31. The van der Waals surface area contributed by atoms with Gasteiger partial charge < -0.3 is 10.6 Å². The molecule has 3 unspecified atom stereocenters. The van der Waals surface area contributed by atoms with E-state index in [-0.39, 0.29) is 0 Å². The van der Waals surface area contributed by atoms with E-state index < -0.39 is 0 Å². The van der Waals surface area contributed by atoms with E-state index in [2.05, 4.69) is 18.5 Å². The summed E-state index contributed by atoms with van der Waals surface area (Å²) in [5.74, 6) is 0.763. The van der Waals surface area contributed by atoms with Crippen molar-refractivity contribution in [3.63, 3.8) is 0 Å². The average molecular weight is 208 g/mol. The lowest BCUT2D eigenvalue weighted by molar-refractivity contribution is 0.119. The van der Waals surface area contributed by atoms with E-state index in [1.807, 2.05) is 6.08 Å². The fourth-order valence-electron chi connectivity index (χ4n) is 3.35. The molecule has 0 aromatic carbocycles. The van der Waals surface area contributed by atoms with Crippen molar-refractivity contribution in [1.82, 2.24) is 4.90 Å². The van der Waals surface area contributed by atoms with Gasteiger partial charge in [-0.1, -0.05) is 6.08 Å². The third-order valence-electron chi connectivity index (χ3n) is 4.44. The van der Waals surface area contributed by atoms with Gasteiger partial charge in [-0.2, -0.15) is 0 Å². The molecule has 2 aliphatic rings. The number of fused-ring (bicyclic) bond motifs is 2. The second kappa shape index (κ2) is 4.67. The summed E-state index contributed by atoms with van der Waals surface area (Å²) in [4.78, 5) is 2.58. The molecule has 0 radical (unpaired) electrons. The highest BCUT2D eigenvalue weighted by Gasteiger charge is 2.39. The van der Waals surface area contributed by atoms with Crippen LogP contribution < -0.4 is 5.73 Å². The summed E-state index contributed by atoms with van der Waals surface area (Å²) in [5.41, 5.74) is 6.27. The third kappa shape index (κ3) is 2.26. The molecule has 0 aromatic heterocycles. The number of nitrogens with two attached hydrogens (primary N) is 1. The summed E-state index contributed by atoms with van der Waals surface area (Å²) in [6.45, 7) is 3.77. The first-order valence-corrected chi connectivity index (χ1v) is 6.30. The van der Waals surface area contributed by atoms with Gasteiger partial charge in [-0.05, 0) is 51.5 Å². The third-order valence-corrected chi connectivity index (χ3v) is 4.44. The normalized spacial score (nSPS) is 37.9. The first-order chi connectivity index (χ1) is 7.22. The van der Waals surface area contributed by atoms with Crippen molar-refractivity contribution in [3.8, 4) is 0 Å². The number of rotatable bonds is 4. The van der Waals surface area contributed by atoms with Gasteiger partial charge >= 0.3 is 0 Å². The lowest BCUT2D eigenvalue weighted by atomic mass is 9.84. The van der Waals surface area contributed by atoms with Crippen LogP contribution >= 0.6 is 0 Å². The van der Waals surface area contributed by atoms with Gasteiger partial charge in [-0.15, -0.1) is 6.58 Å². The second-order valence-corrected chi connectivity index (χ2v) is 5.31. The zero-order valence-electron chi connectivity index (χ0n) is 9.86. The molecule has 2 fully saturated rings. The van der Waals surface area contributed by atoms with E-state index in [0.29, 0.717) is 6.04 Å². The Morgan fingerprint density at radius 2 is 2.00 bits per heavy atom. The topological polar surface area (TPSA) is 29.3 Å². The van der Waals surface area contributed by atoms with Crippen LogP contribution in [0.3, 0.4) is 0 Å². The molecule has 0 amide bonds. The van der Waals surface area contributed by atoms with Gasteiger partial charge in [0.05, 0.1) is 0 Å². The summed E-state index contributed by atoms with van der Waals surface area (Å²) < 4.78 is 0. The molecule has 0 aliphatic carbocycles. The predicted octanol–water partition coefficient (Wildman–Crippen LogP) is 2.15. The number of hydrogen-bond donors (Lipinski definition) is 1. The van der Waals surface area contributed by atoms with Gasteiger partial charge in [0.15, 0.2) is 0 Å². The van der Waals surface area contributed by atoms with Gasteiger partial charge in [0.25, 0.3) is 0 Å². The highest BCUT2D eigenvalue weighted by atomic mass is 15.2. The van der Waals surface area contributed by atoms with Crippen LogP contribution in [0.2, 0.25) is 0 Å². The molecule has 2 bridgehead atoms. The van der Waals surface area contributed by atoms with Gasteiger partial charge in [0, 0.05) is 18.1 Å². The zero-order chi connectivity index (χ0) is 10.8. The maximum Gasteiger partial charge on any atom is 0.00989 e. The van der Waals surface area contributed by atoms with Crippen LogP contribution in [0, 0.1) is 5.92 Å². The Labute approximate surface area is 93.5 Å². The van der Waals surface area contributed by atoms with E-state index >= 15 is 0 Å². The van der Waals surface area contributed by atoms with E-state index in [4.69, 9.17) is 5.73 Å². The summed E-state index contributed by atoms with van der Waals surface area (Å²) in [6.07, 6.45) is 9.62. The average Bonchev–Trinajstić information content (AvgIpc) is 2.49. The van der Waals surface area contributed by atoms with E-state index in [9.17, 15) is 0 Å². The fraction of sp³-hybridized carbons (Fsp3) is 0.846. The van der Waals surface area contributed by atoms with Crippen molar-refractivity contribution in [2.75, 3.05) is 7.05 Å². The Morgan fingerprint density at radius 3 is 2.53 bits per heavy atom. The SMILES string of the molecule is C=CCCC(N)C1CC2CCC(C1)N2C. The smallest absolute Gasteiger partial charge is 0.00989 e. The Hall–Kier alpha value is -0.340. The van der Waals surface area contributed by atoms with Crippen LogP contribution in [0.5, 0.6) is 0 Å². The lowest BCUT2D eigenvalue weighted by Gasteiger charge is -2.38. The molecular formula is C13H24N2. The Morgan fingerprint density at radius 1 is 1.40 bits per heavy atom. The molecule has 15 heavy (non-hydrogen) atoms. The van der Waals surface area contributed by atoms with Gasteiger partial charge in [-0.25, -0.2) is 0 Å². The Bertz CT molecular complexity index is 213. The van der Waals surface area contributed by atoms with Crippen molar-refractivity contribution in [3.05, 3.63) is 12.7 Å². The molecule has 2 rings (SSSR count). The first-order valence-electron chi connectivity index (χ1n) is 6.30. The molecular weight excluding hydrogens is 184 g/mol. The summed E-state index contributed by atoms with van der Waals surface area (Å²) in [5, 5.41) is 0. The zero-order valence-corrected chi connectivity index (χ0v) is 9.86. The van der Waals surface area contributed by atoms with Gasteiger partial charge in [0.2, 0.25) is 0 Å². The Kier molecular flexibility index (Phi) is 3.47. The summed E-state index contributed by atoms with van der Waals surface area (Å²) in [7, 11) is 2.29. The molecule has 2 nitrogen and oxygen atoms in total. The molecule has 0 saturated carbocycles. The molecule has 2 heteroatoms. The molecule has 2 N–H and O–H groups in total. The van der Waals surface area contributed by atoms with Crippen molar-refractivity contribution < 1.29 is 0 Å². The predicted molar refractivity (Wildman–Crippen MR) is 64.7 cm³/mol. The molecule has 2 aliphatic heterocycles. The molecule has 86 valence electrons. The maximum absolute atomic E-state index is 6.27. The minimum Gasteiger partial charge on any atom is -0.327 e. The molecule has 2 saturated heterocycles. The van der Waals surface area contributed by atoms with Crippen LogP contribution in [-0.4, -0.2) is 30.1 Å². The van der Waals surface area contributed by atoms with Gasteiger partial charge in [-0.3, -0.25) is 0 Å². The first kappa shape index (κ1) is 11.2. The van der Waals surface area contributed by atoms with Crippen LogP contribution in [0.25, 0.3) is 0 Å². The van der Waals surface area contributed by atoms with Crippen LogP contribution in [0.4, 0.5) is 0 Å². The number of nitrogens with zero attached hydrogens (tertiary/aromatic N) is 1. The molecule has 0 spiro atoms. The molecule has 3 atom stereocenters. The lowest BCUT2D eigenvalue weighted by Crippen LogP contribution is -2.45. The van der Waals surface area contributed by atoms with E-state index in [1.54, 1.807) is 0 Å². The van der Waals surface area contributed by atoms with E-state index in [1.165, 1.54) is 25.7 Å². The van der Waals surface area contributed by atoms with E-state index in [0.717, 1.165) is 30.8 Å².